The molecular formula is C15H25N5O3. The minimum absolute atomic E-state index is 0.159. The molecule has 0 aliphatic carbocycles. The maximum Gasteiger partial charge on any atom is 0.340 e. The van der Waals surface area contributed by atoms with Crippen LogP contribution in [0.1, 0.15) is 31.5 Å². The van der Waals surface area contributed by atoms with Gasteiger partial charge in [0.2, 0.25) is 5.91 Å². The van der Waals surface area contributed by atoms with Crippen LogP contribution in [0.15, 0.2) is 4.79 Å². The van der Waals surface area contributed by atoms with E-state index < -0.39 is 0 Å². The highest BCUT2D eigenvalue weighted by molar-refractivity contribution is 5.76. The zero-order valence-corrected chi connectivity index (χ0v) is 13.4. The molecule has 2 saturated heterocycles. The number of aromatic nitrogens is 3. The summed E-state index contributed by atoms with van der Waals surface area (Å²) in [5.41, 5.74) is -0.324. The molecule has 3 rings (SSSR count). The number of nitrogens with zero attached hydrogens (tertiary/aromatic N) is 3. The number of ether oxygens (including phenoxy) is 1. The number of hydrogen-bond donors (Lipinski definition) is 2. The van der Waals surface area contributed by atoms with Gasteiger partial charge in [0.15, 0.2) is 0 Å². The second kappa shape index (κ2) is 7.74. The van der Waals surface area contributed by atoms with Gasteiger partial charge in [0.1, 0.15) is 5.82 Å². The number of rotatable bonds is 5. The van der Waals surface area contributed by atoms with Gasteiger partial charge in [-0.3, -0.25) is 14.7 Å². The van der Waals surface area contributed by atoms with Crippen molar-refractivity contribution in [2.75, 3.05) is 39.4 Å². The Labute approximate surface area is 135 Å². The molecule has 0 saturated carbocycles. The van der Waals surface area contributed by atoms with Crippen LogP contribution in [0.5, 0.6) is 0 Å². The third-order valence-electron chi connectivity index (χ3n) is 4.65. The Kier molecular flexibility index (Phi) is 5.45. The van der Waals surface area contributed by atoms with Gasteiger partial charge in [-0.25, -0.2) is 9.89 Å². The number of carbonyl (C=O) groups is 1. The van der Waals surface area contributed by atoms with Crippen LogP contribution in [0.4, 0.5) is 0 Å². The zero-order valence-electron chi connectivity index (χ0n) is 13.4. The summed E-state index contributed by atoms with van der Waals surface area (Å²) in [5.74, 6) is 0.705. The quantitative estimate of drug-likeness (QED) is 0.779. The van der Waals surface area contributed by atoms with E-state index in [1.54, 1.807) is 0 Å². The predicted octanol–water partition coefficient (Wildman–Crippen LogP) is -0.256. The van der Waals surface area contributed by atoms with E-state index >= 15 is 0 Å². The lowest BCUT2D eigenvalue weighted by molar-refractivity contribution is -0.135. The van der Waals surface area contributed by atoms with E-state index in [4.69, 9.17) is 4.74 Å². The third kappa shape index (κ3) is 4.42. The Morgan fingerprint density at radius 1 is 1.26 bits per heavy atom. The summed E-state index contributed by atoms with van der Waals surface area (Å²) < 4.78 is 5.39. The molecule has 1 aromatic heterocycles. The molecule has 1 amide bonds. The Balaban J connectivity index is 1.54. The maximum absolute atomic E-state index is 12.6. The molecular weight excluding hydrogens is 298 g/mol. The third-order valence-corrected chi connectivity index (χ3v) is 4.65. The first-order valence-electron chi connectivity index (χ1n) is 8.45. The van der Waals surface area contributed by atoms with Gasteiger partial charge in [0.25, 0.3) is 0 Å². The van der Waals surface area contributed by atoms with Gasteiger partial charge in [0.05, 0.1) is 13.2 Å². The maximum atomic E-state index is 12.6. The Morgan fingerprint density at radius 3 is 2.83 bits per heavy atom. The number of likely N-dealkylation sites (tertiary alicyclic amines) is 1. The lowest BCUT2D eigenvalue weighted by Crippen LogP contribution is -2.51. The molecule has 1 aromatic rings. The van der Waals surface area contributed by atoms with Gasteiger partial charge in [-0.1, -0.05) is 0 Å². The summed E-state index contributed by atoms with van der Waals surface area (Å²) >= 11 is 0. The van der Waals surface area contributed by atoms with Crippen molar-refractivity contribution in [2.24, 2.45) is 0 Å². The summed E-state index contributed by atoms with van der Waals surface area (Å²) in [6, 6.07) is 0.299. The first-order chi connectivity index (χ1) is 11.2. The molecule has 8 heteroatoms. The minimum atomic E-state index is -0.324. The van der Waals surface area contributed by atoms with Crippen molar-refractivity contribution in [1.29, 1.82) is 0 Å². The van der Waals surface area contributed by atoms with Crippen LogP contribution in [0.2, 0.25) is 0 Å². The van der Waals surface area contributed by atoms with Crippen LogP contribution in [-0.2, 0) is 16.0 Å². The smallest absolute Gasteiger partial charge is 0.340 e. The van der Waals surface area contributed by atoms with Crippen LogP contribution >= 0.6 is 0 Å². The van der Waals surface area contributed by atoms with Crippen molar-refractivity contribution >= 4 is 5.91 Å². The largest absolute Gasteiger partial charge is 0.379 e. The standard InChI is InChI=1S/C15H25N5O3/c21-14(5-4-13-16-15(22)18-17-13)20-6-2-1-3-12(20)11-19-7-9-23-10-8-19/h12H,1-11H2,(H2,16,17,18,22). The summed E-state index contributed by atoms with van der Waals surface area (Å²) in [6.45, 7) is 5.25. The number of carbonyl (C=O) groups excluding carboxylic acids is 1. The summed E-state index contributed by atoms with van der Waals surface area (Å²) in [5, 5.41) is 6.19. The van der Waals surface area contributed by atoms with Crippen LogP contribution in [-0.4, -0.2) is 76.3 Å². The highest BCUT2D eigenvalue weighted by Crippen LogP contribution is 2.20. The lowest BCUT2D eigenvalue weighted by Gasteiger charge is -2.39. The Morgan fingerprint density at radius 2 is 2.09 bits per heavy atom. The monoisotopic (exact) mass is 323 g/mol. The average molecular weight is 323 g/mol. The Hall–Kier alpha value is -1.67. The van der Waals surface area contributed by atoms with Gasteiger partial charge in [-0.15, -0.1) is 0 Å². The van der Waals surface area contributed by atoms with Crippen LogP contribution < -0.4 is 5.69 Å². The molecule has 2 fully saturated rings. The highest BCUT2D eigenvalue weighted by Gasteiger charge is 2.28. The molecule has 2 N–H and O–H groups in total. The number of aromatic amines is 2. The van der Waals surface area contributed by atoms with Crippen LogP contribution in [0, 0.1) is 0 Å². The molecule has 0 spiro atoms. The van der Waals surface area contributed by atoms with Crippen molar-refractivity contribution in [3.8, 4) is 0 Å². The number of nitrogens with one attached hydrogen (secondary N) is 2. The molecule has 0 radical (unpaired) electrons. The molecule has 1 unspecified atom stereocenters. The average Bonchev–Trinajstić information content (AvgIpc) is 3.00. The highest BCUT2D eigenvalue weighted by atomic mass is 16.5. The van der Waals surface area contributed by atoms with E-state index in [1.807, 2.05) is 4.90 Å². The number of H-pyrrole nitrogens is 2. The summed E-state index contributed by atoms with van der Waals surface area (Å²) in [7, 11) is 0. The second-order valence-corrected chi connectivity index (χ2v) is 6.27. The van der Waals surface area contributed by atoms with Gasteiger partial charge in [-0.05, 0) is 19.3 Å². The van der Waals surface area contributed by atoms with E-state index in [0.29, 0.717) is 24.7 Å². The number of piperidine rings is 1. The Bertz CT molecular complexity index is 563. The second-order valence-electron chi connectivity index (χ2n) is 6.27. The molecule has 2 aliphatic rings. The first-order valence-corrected chi connectivity index (χ1v) is 8.45. The minimum Gasteiger partial charge on any atom is -0.379 e. The van der Waals surface area contributed by atoms with Crippen molar-refractivity contribution in [3.05, 3.63) is 16.3 Å². The van der Waals surface area contributed by atoms with E-state index in [0.717, 1.165) is 52.2 Å². The number of hydrogen-bond acceptors (Lipinski definition) is 5. The zero-order chi connectivity index (χ0) is 16.1. The van der Waals surface area contributed by atoms with Gasteiger partial charge in [0, 0.05) is 45.1 Å². The van der Waals surface area contributed by atoms with E-state index in [9.17, 15) is 9.59 Å². The fraction of sp³-hybridized carbons (Fsp3) is 0.800. The van der Waals surface area contributed by atoms with Crippen molar-refractivity contribution < 1.29 is 9.53 Å². The molecule has 3 heterocycles. The molecule has 0 bridgehead atoms. The van der Waals surface area contributed by atoms with Gasteiger partial charge in [-0.2, -0.15) is 5.10 Å². The first kappa shape index (κ1) is 16.2. The number of amides is 1. The van der Waals surface area contributed by atoms with Crippen LogP contribution in [0.25, 0.3) is 0 Å². The molecule has 8 nitrogen and oxygen atoms in total. The molecule has 0 aromatic carbocycles. The molecule has 2 aliphatic heterocycles. The van der Waals surface area contributed by atoms with Crippen molar-refractivity contribution in [1.82, 2.24) is 25.0 Å². The van der Waals surface area contributed by atoms with E-state index in [2.05, 4.69) is 20.1 Å². The number of morpholine rings is 1. The molecule has 1 atom stereocenters. The van der Waals surface area contributed by atoms with E-state index in [1.165, 1.54) is 6.42 Å². The number of aryl methyl sites for hydroxylation is 1. The lowest BCUT2D eigenvalue weighted by atomic mass is 10.0. The fourth-order valence-corrected chi connectivity index (χ4v) is 3.39. The topological polar surface area (TPSA) is 94.3 Å². The van der Waals surface area contributed by atoms with Gasteiger partial charge < -0.3 is 9.64 Å². The predicted molar refractivity (Wildman–Crippen MR) is 84.1 cm³/mol. The molecule has 23 heavy (non-hydrogen) atoms. The SMILES string of the molecule is O=C(CCc1n[nH]c(=O)[nH]1)N1CCCCC1CN1CCOCC1. The van der Waals surface area contributed by atoms with Gasteiger partial charge >= 0.3 is 5.69 Å². The van der Waals surface area contributed by atoms with Crippen molar-refractivity contribution in [3.63, 3.8) is 0 Å². The van der Waals surface area contributed by atoms with Crippen LogP contribution in [0.3, 0.4) is 0 Å². The molecule has 128 valence electrons. The normalized spacial score (nSPS) is 23.1. The summed E-state index contributed by atoms with van der Waals surface area (Å²) in [6.07, 6.45) is 4.19. The van der Waals surface area contributed by atoms with Crippen molar-refractivity contribution in [2.45, 2.75) is 38.1 Å². The summed E-state index contributed by atoms with van der Waals surface area (Å²) in [4.78, 5) is 30.6. The van der Waals surface area contributed by atoms with E-state index in [-0.39, 0.29) is 11.6 Å². The fourth-order valence-electron chi connectivity index (χ4n) is 3.39.